The summed E-state index contributed by atoms with van der Waals surface area (Å²) in [5.74, 6) is 1.77. The number of hydrogen-bond acceptors (Lipinski definition) is 5. The Kier molecular flexibility index (Phi) is 4.91. The molecule has 1 atom stereocenters. The van der Waals surface area contributed by atoms with Gasteiger partial charge in [-0.05, 0) is 18.6 Å². The van der Waals surface area contributed by atoms with Gasteiger partial charge in [0, 0.05) is 24.8 Å². The van der Waals surface area contributed by atoms with Gasteiger partial charge in [0.25, 0.3) is 0 Å². The number of rotatable bonds is 5. The summed E-state index contributed by atoms with van der Waals surface area (Å²) in [7, 11) is 1.76. The van der Waals surface area contributed by atoms with Gasteiger partial charge in [0.2, 0.25) is 5.82 Å². The molecule has 112 valence electrons. The second-order valence-electron chi connectivity index (χ2n) is 5.49. The van der Waals surface area contributed by atoms with E-state index in [2.05, 4.69) is 10.4 Å². The number of thioether (sulfide) groups is 1. The number of aromatic nitrogens is 2. The Labute approximate surface area is 123 Å². The van der Waals surface area contributed by atoms with Crippen molar-refractivity contribution in [3.63, 3.8) is 0 Å². The van der Waals surface area contributed by atoms with Crippen molar-refractivity contribution in [2.24, 2.45) is 7.05 Å². The lowest BCUT2D eigenvalue weighted by Gasteiger charge is -2.21. The Morgan fingerprint density at radius 1 is 1.55 bits per heavy atom. The van der Waals surface area contributed by atoms with Crippen molar-refractivity contribution < 1.29 is 4.92 Å². The predicted octanol–water partition coefficient (Wildman–Crippen LogP) is 3.15. The summed E-state index contributed by atoms with van der Waals surface area (Å²) in [5, 5.41) is 19.4. The summed E-state index contributed by atoms with van der Waals surface area (Å²) in [4.78, 5) is 11.0. The average molecular weight is 298 g/mol. The molecule has 2 rings (SSSR count). The van der Waals surface area contributed by atoms with E-state index in [9.17, 15) is 10.1 Å². The van der Waals surface area contributed by atoms with E-state index < -0.39 is 0 Å². The topological polar surface area (TPSA) is 73.0 Å². The van der Waals surface area contributed by atoms with E-state index in [0.29, 0.717) is 16.8 Å². The molecule has 1 aliphatic heterocycles. The zero-order valence-electron chi connectivity index (χ0n) is 12.3. The zero-order valence-corrected chi connectivity index (χ0v) is 13.1. The number of nitro groups is 1. The van der Waals surface area contributed by atoms with E-state index in [1.807, 2.05) is 25.6 Å². The van der Waals surface area contributed by atoms with Gasteiger partial charge in [0.15, 0.2) is 0 Å². The van der Waals surface area contributed by atoms with E-state index in [1.165, 1.54) is 25.0 Å². The molecule has 0 radical (unpaired) electrons. The fourth-order valence-corrected chi connectivity index (χ4v) is 3.72. The minimum Gasteiger partial charge on any atom is -0.363 e. The van der Waals surface area contributed by atoms with Crippen molar-refractivity contribution in [2.75, 3.05) is 17.6 Å². The summed E-state index contributed by atoms with van der Waals surface area (Å²) in [5.41, 5.74) is 0.680. The number of anilines is 1. The van der Waals surface area contributed by atoms with Crippen molar-refractivity contribution in [1.82, 2.24) is 9.78 Å². The summed E-state index contributed by atoms with van der Waals surface area (Å²) in [6.45, 7) is 4.62. The average Bonchev–Trinajstić information content (AvgIpc) is 2.75. The molecule has 0 spiro atoms. The molecule has 1 aromatic rings. The molecule has 7 heteroatoms. The molecule has 1 unspecified atom stereocenters. The van der Waals surface area contributed by atoms with Crippen LogP contribution in [0.1, 0.15) is 44.7 Å². The normalized spacial score (nSPS) is 19.3. The first-order valence-electron chi connectivity index (χ1n) is 7.07. The molecule has 1 saturated heterocycles. The van der Waals surface area contributed by atoms with Crippen LogP contribution in [-0.4, -0.2) is 32.3 Å². The Hall–Kier alpha value is -1.24. The van der Waals surface area contributed by atoms with Crippen LogP contribution in [0.25, 0.3) is 0 Å². The van der Waals surface area contributed by atoms with Gasteiger partial charge >= 0.3 is 5.69 Å². The van der Waals surface area contributed by atoms with Gasteiger partial charge in [0.1, 0.15) is 5.69 Å². The van der Waals surface area contributed by atoms with Gasteiger partial charge in [-0.2, -0.15) is 16.9 Å². The van der Waals surface area contributed by atoms with E-state index in [0.717, 1.165) is 6.54 Å². The molecule has 6 nitrogen and oxygen atoms in total. The molecular formula is C13H22N4O2S. The van der Waals surface area contributed by atoms with Crippen molar-refractivity contribution in [1.29, 1.82) is 0 Å². The maximum Gasteiger partial charge on any atom is 0.334 e. The van der Waals surface area contributed by atoms with Crippen molar-refractivity contribution >= 4 is 23.3 Å². The summed E-state index contributed by atoms with van der Waals surface area (Å²) < 4.78 is 1.60. The number of nitrogens with one attached hydrogen (secondary N) is 1. The molecule has 1 aromatic heterocycles. The van der Waals surface area contributed by atoms with Crippen LogP contribution in [-0.2, 0) is 7.05 Å². The third-order valence-electron chi connectivity index (χ3n) is 3.55. The highest BCUT2D eigenvalue weighted by molar-refractivity contribution is 7.99. The number of nitrogens with zero attached hydrogens (tertiary/aromatic N) is 3. The minimum absolute atomic E-state index is 0.0428. The summed E-state index contributed by atoms with van der Waals surface area (Å²) in [6, 6.07) is 0. The second-order valence-corrected chi connectivity index (χ2v) is 6.90. The monoisotopic (exact) mass is 298 g/mol. The summed E-state index contributed by atoms with van der Waals surface area (Å²) in [6.07, 6.45) is 3.72. The Morgan fingerprint density at radius 2 is 2.30 bits per heavy atom. The molecule has 1 N–H and O–H groups in total. The maximum absolute atomic E-state index is 11.3. The van der Waals surface area contributed by atoms with Gasteiger partial charge in [-0.25, -0.2) is 4.68 Å². The van der Waals surface area contributed by atoms with Crippen LogP contribution in [0.4, 0.5) is 11.5 Å². The second kappa shape index (κ2) is 6.47. The first kappa shape index (κ1) is 15.2. The predicted molar refractivity (Wildman–Crippen MR) is 82.5 cm³/mol. The lowest BCUT2D eigenvalue weighted by Crippen LogP contribution is -2.21. The van der Waals surface area contributed by atoms with E-state index >= 15 is 0 Å². The molecule has 0 bridgehead atoms. The van der Waals surface area contributed by atoms with Gasteiger partial charge in [-0.1, -0.05) is 20.3 Å². The fourth-order valence-electron chi connectivity index (χ4n) is 2.48. The van der Waals surface area contributed by atoms with Crippen LogP contribution in [0.2, 0.25) is 0 Å². The Bertz CT molecular complexity index is 481. The van der Waals surface area contributed by atoms with Gasteiger partial charge < -0.3 is 5.32 Å². The van der Waals surface area contributed by atoms with E-state index in [4.69, 9.17) is 0 Å². The van der Waals surface area contributed by atoms with Crippen LogP contribution >= 0.6 is 11.8 Å². The smallest absolute Gasteiger partial charge is 0.334 e. The third-order valence-corrected chi connectivity index (χ3v) is 4.95. The molecule has 0 amide bonds. The SMILES string of the molecule is CC(C)c1nn(C)c(NCC2CCCCS2)c1[N+](=O)[O-]. The molecule has 1 aliphatic rings. The first-order valence-corrected chi connectivity index (χ1v) is 8.12. The molecule has 0 saturated carbocycles. The zero-order chi connectivity index (χ0) is 14.7. The highest BCUT2D eigenvalue weighted by Crippen LogP contribution is 2.33. The van der Waals surface area contributed by atoms with Gasteiger partial charge in [-0.15, -0.1) is 0 Å². The molecule has 20 heavy (non-hydrogen) atoms. The van der Waals surface area contributed by atoms with Crippen molar-refractivity contribution in [2.45, 2.75) is 44.3 Å². The molecule has 0 aliphatic carbocycles. The van der Waals surface area contributed by atoms with Crippen molar-refractivity contribution in [3.05, 3.63) is 15.8 Å². The lowest BCUT2D eigenvalue weighted by atomic mass is 10.1. The van der Waals surface area contributed by atoms with Crippen LogP contribution in [0.3, 0.4) is 0 Å². The first-order chi connectivity index (χ1) is 9.50. The molecule has 1 fully saturated rings. The van der Waals surface area contributed by atoms with Crippen LogP contribution in [0.15, 0.2) is 0 Å². The fraction of sp³-hybridized carbons (Fsp3) is 0.769. The largest absolute Gasteiger partial charge is 0.363 e. The Morgan fingerprint density at radius 3 is 2.85 bits per heavy atom. The van der Waals surface area contributed by atoms with Crippen molar-refractivity contribution in [3.8, 4) is 0 Å². The van der Waals surface area contributed by atoms with E-state index in [1.54, 1.807) is 11.7 Å². The maximum atomic E-state index is 11.3. The van der Waals surface area contributed by atoms with Crippen LogP contribution in [0.5, 0.6) is 0 Å². The number of hydrogen-bond donors (Lipinski definition) is 1. The molecule has 2 heterocycles. The highest BCUT2D eigenvalue weighted by atomic mass is 32.2. The van der Waals surface area contributed by atoms with Gasteiger partial charge in [0.05, 0.1) is 4.92 Å². The quantitative estimate of drug-likeness (QED) is 0.667. The third kappa shape index (κ3) is 3.26. The van der Waals surface area contributed by atoms with Crippen LogP contribution < -0.4 is 5.32 Å². The number of aryl methyl sites for hydroxylation is 1. The Balaban J connectivity index is 2.15. The van der Waals surface area contributed by atoms with Crippen LogP contribution in [0, 0.1) is 10.1 Å². The molecule has 0 aromatic carbocycles. The minimum atomic E-state index is -0.321. The molecular weight excluding hydrogens is 276 g/mol. The lowest BCUT2D eigenvalue weighted by molar-refractivity contribution is -0.384. The standard InChI is InChI=1S/C13H22N4O2S/c1-9(2)11-12(17(18)19)13(16(3)15-11)14-8-10-6-4-5-7-20-10/h9-10,14H,4-8H2,1-3H3. The highest BCUT2D eigenvalue weighted by Gasteiger charge is 2.28. The summed E-state index contributed by atoms with van der Waals surface area (Å²) >= 11 is 1.95. The van der Waals surface area contributed by atoms with Gasteiger partial charge in [-0.3, -0.25) is 10.1 Å². The van der Waals surface area contributed by atoms with E-state index in [-0.39, 0.29) is 16.5 Å².